The van der Waals surface area contributed by atoms with Crippen molar-refractivity contribution in [3.8, 4) is 22.4 Å². The van der Waals surface area contributed by atoms with Crippen LogP contribution in [0.15, 0.2) is 53.4 Å². The fraction of sp³-hybridized carbons (Fsp3) is 0.0588. The molecule has 1 heterocycles. The molecule has 3 rings (SSSR count). The van der Waals surface area contributed by atoms with E-state index in [4.69, 9.17) is 11.6 Å². The zero-order valence-corrected chi connectivity index (χ0v) is 14.6. The van der Waals surface area contributed by atoms with Crippen LogP contribution < -0.4 is 0 Å². The van der Waals surface area contributed by atoms with Crippen LogP contribution >= 0.6 is 11.6 Å². The lowest BCUT2D eigenvalue weighted by molar-refractivity contribution is 0.0691. The Morgan fingerprint density at radius 3 is 2.12 bits per heavy atom. The smallest absolute Gasteiger partial charge is 0.354 e. The highest BCUT2D eigenvalue weighted by Crippen LogP contribution is 2.34. The lowest BCUT2D eigenvalue weighted by Gasteiger charge is -2.06. The van der Waals surface area contributed by atoms with Crippen LogP contribution in [0.2, 0.25) is 5.02 Å². The molecule has 2 N–H and O–H groups in total. The van der Waals surface area contributed by atoms with Crippen molar-refractivity contribution in [3.63, 3.8) is 0 Å². The maximum Gasteiger partial charge on any atom is 0.354 e. The summed E-state index contributed by atoms with van der Waals surface area (Å²) in [5.41, 5.74) is 2.01. The van der Waals surface area contributed by atoms with Crippen molar-refractivity contribution in [2.24, 2.45) is 0 Å². The van der Waals surface area contributed by atoms with E-state index in [-0.39, 0.29) is 10.6 Å². The molecule has 0 aliphatic carbocycles. The number of carboxylic acid groups (broad SMARTS) is 1. The number of benzene rings is 2. The van der Waals surface area contributed by atoms with Gasteiger partial charge in [-0.2, -0.15) is 5.10 Å². The van der Waals surface area contributed by atoms with Gasteiger partial charge in [-0.25, -0.2) is 13.2 Å². The number of aromatic carboxylic acids is 1. The second-order valence-electron chi connectivity index (χ2n) is 5.43. The quantitative estimate of drug-likeness (QED) is 0.725. The Labute approximate surface area is 149 Å². The van der Waals surface area contributed by atoms with Crippen LogP contribution in [0, 0.1) is 0 Å². The van der Waals surface area contributed by atoms with Crippen molar-refractivity contribution in [2.75, 3.05) is 6.26 Å². The van der Waals surface area contributed by atoms with Crippen molar-refractivity contribution in [3.05, 3.63) is 59.2 Å². The summed E-state index contributed by atoms with van der Waals surface area (Å²) in [5, 5.41) is 16.6. The summed E-state index contributed by atoms with van der Waals surface area (Å²) < 4.78 is 23.2. The maximum atomic E-state index is 11.6. The first-order valence-corrected chi connectivity index (χ1v) is 9.42. The van der Waals surface area contributed by atoms with Crippen LogP contribution in [-0.2, 0) is 9.84 Å². The lowest BCUT2D eigenvalue weighted by atomic mass is 9.99. The Morgan fingerprint density at radius 2 is 1.60 bits per heavy atom. The molecule has 0 fully saturated rings. The number of rotatable bonds is 4. The SMILES string of the molecule is CS(=O)(=O)c1ccc(-c2n[nH]c(C(=O)O)c2-c2ccc(Cl)cc2)cc1. The molecule has 128 valence electrons. The van der Waals surface area contributed by atoms with Crippen molar-refractivity contribution < 1.29 is 18.3 Å². The number of aromatic nitrogens is 2. The topological polar surface area (TPSA) is 100 Å². The molecule has 0 unspecified atom stereocenters. The van der Waals surface area contributed by atoms with Crippen LogP contribution in [0.25, 0.3) is 22.4 Å². The molecule has 2 aromatic carbocycles. The van der Waals surface area contributed by atoms with Crippen molar-refractivity contribution >= 4 is 27.4 Å². The molecule has 0 aliphatic rings. The predicted molar refractivity (Wildman–Crippen MR) is 94.5 cm³/mol. The number of H-pyrrole nitrogens is 1. The van der Waals surface area contributed by atoms with Gasteiger partial charge in [0.15, 0.2) is 15.5 Å². The van der Waals surface area contributed by atoms with Gasteiger partial charge in [-0.1, -0.05) is 35.9 Å². The minimum atomic E-state index is -3.31. The molecular weight excluding hydrogens is 364 g/mol. The Bertz CT molecular complexity index is 1040. The van der Waals surface area contributed by atoms with Crippen LogP contribution in [0.5, 0.6) is 0 Å². The van der Waals surface area contributed by atoms with E-state index in [0.717, 1.165) is 6.26 Å². The van der Waals surface area contributed by atoms with Gasteiger partial charge in [0.25, 0.3) is 0 Å². The summed E-state index contributed by atoms with van der Waals surface area (Å²) >= 11 is 5.90. The van der Waals surface area contributed by atoms with E-state index in [2.05, 4.69) is 10.2 Å². The van der Waals surface area contributed by atoms with E-state index in [1.165, 1.54) is 12.1 Å². The standard InChI is InChI=1S/C17H13ClN2O4S/c1-25(23,24)13-8-4-11(5-9-13)15-14(16(17(21)22)20-19-15)10-2-6-12(18)7-3-10/h2-9H,1H3,(H,19,20)(H,21,22). The molecule has 0 saturated heterocycles. The minimum absolute atomic E-state index is 0.0514. The number of nitrogens with zero attached hydrogens (tertiary/aromatic N) is 1. The average Bonchev–Trinajstić information content (AvgIpc) is 3.00. The molecule has 1 aromatic heterocycles. The molecule has 6 nitrogen and oxygen atoms in total. The molecular formula is C17H13ClN2O4S. The molecule has 0 atom stereocenters. The largest absolute Gasteiger partial charge is 0.477 e. The van der Waals surface area contributed by atoms with E-state index in [0.29, 0.717) is 27.4 Å². The van der Waals surface area contributed by atoms with E-state index >= 15 is 0 Å². The summed E-state index contributed by atoms with van der Waals surface area (Å²) in [6.45, 7) is 0. The van der Waals surface area contributed by atoms with Crippen LogP contribution in [0.1, 0.15) is 10.5 Å². The molecule has 0 amide bonds. The normalized spacial score (nSPS) is 11.4. The molecule has 0 spiro atoms. The zero-order valence-electron chi connectivity index (χ0n) is 13.0. The first-order valence-electron chi connectivity index (χ1n) is 7.15. The van der Waals surface area contributed by atoms with E-state index in [1.807, 2.05) is 0 Å². The highest BCUT2D eigenvalue weighted by Gasteiger charge is 2.21. The average molecular weight is 377 g/mol. The monoisotopic (exact) mass is 376 g/mol. The third kappa shape index (κ3) is 3.42. The van der Waals surface area contributed by atoms with Crippen molar-refractivity contribution in [2.45, 2.75) is 4.90 Å². The van der Waals surface area contributed by atoms with E-state index in [1.54, 1.807) is 36.4 Å². The highest BCUT2D eigenvalue weighted by atomic mass is 35.5. The summed E-state index contributed by atoms with van der Waals surface area (Å²) in [5.74, 6) is -1.14. The van der Waals surface area contributed by atoms with Crippen LogP contribution in [0.3, 0.4) is 0 Å². The second-order valence-corrected chi connectivity index (χ2v) is 7.88. The summed E-state index contributed by atoms with van der Waals surface area (Å²) in [4.78, 5) is 11.7. The van der Waals surface area contributed by atoms with Crippen molar-refractivity contribution in [1.82, 2.24) is 10.2 Å². The summed E-state index contributed by atoms with van der Waals surface area (Å²) in [6.07, 6.45) is 1.12. The Balaban J connectivity index is 2.17. The van der Waals surface area contributed by atoms with Gasteiger partial charge in [0.2, 0.25) is 0 Å². The van der Waals surface area contributed by atoms with Gasteiger partial charge in [0.1, 0.15) is 5.69 Å². The predicted octanol–water partition coefficient (Wildman–Crippen LogP) is 3.50. The lowest BCUT2D eigenvalue weighted by Crippen LogP contribution is -1.99. The molecule has 0 radical (unpaired) electrons. The number of carbonyl (C=O) groups is 1. The fourth-order valence-corrected chi connectivity index (χ4v) is 3.22. The van der Waals surface area contributed by atoms with E-state index in [9.17, 15) is 18.3 Å². The first-order chi connectivity index (χ1) is 11.8. The van der Waals surface area contributed by atoms with E-state index < -0.39 is 15.8 Å². The Kier molecular flexibility index (Phi) is 4.36. The Morgan fingerprint density at radius 1 is 1.04 bits per heavy atom. The third-order valence-electron chi connectivity index (χ3n) is 3.67. The van der Waals surface area contributed by atoms with Gasteiger partial charge in [0.05, 0.1) is 4.90 Å². The molecule has 25 heavy (non-hydrogen) atoms. The molecule has 0 aliphatic heterocycles. The van der Waals surface area contributed by atoms with Gasteiger partial charge in [0, 0.05) is 22.4 Å². The number of aromatic amines is 1. The number of halogens is 1. The van der Waals surface area contributed by atoms with Gasteiger partial charge >= 0.3 is 5.97 Å². The van der Waals surface area contributed by atoms with Crippen LogP contribution in [0.4, 0.5) is 0 Å². The number of nitrogens with one attached hydrogen (secondary N) is 1. The summed E-state index contributed by atoms with van der Waals surface area (Å²) in [6, 6.07) is 12.8. The van der Waals surface area contributed by atoms with Gasteiger partial charge in [-0.05, 0) is 29.8 Å². The highest BCUT2D eigenvalue weighted by molar-refractivity contribution is 7.90. The number of sulfone groups is 1. The number of carboxylic acids is 1. The van der Waals surface area contributed by atoms with Crippen LogP contribution in [-0.4, -0.2) is 35.9 Å². The summed E-state index contributed by atoms with van der Waals surface area (Å²) in [7, 11) is -3.31. The molecule has 8 heteroatoms. The fourth-order valence-electron chi connectivity index (χ4n) is 2.46. The van der Waals surface area contributed by atoms with Gasteiger partial charge in [-0.3, -0.25) is 5.10 Å². The number of hydrogen-bond acceptors (Lipinski definition) is 4. The first kappa shape index (κ1) is 17.2. The Hall–Kier alpha value is -2.64. The minimum Gasteiger partial charge on any atom is -0.477 e. The maximum absolute atomic E-state index is 11.6. The molecule has 0 bridgehead atoms. The van der Waals surface area contributed by atoms with Gasteiger partial charge in [-0.15, -0.1) is 0 Å². The zero-order chi connectivity index (χ0) is 18.2. The van der Waals surface area contributed by atoms with Crippen molar-refractivity contribution in [1.29, 1.82) is 0 Å². The second kappa shape index (κ2) is 6.34. The molecule has 0 saturated carbocycles. The third-order valence-corrected chi connectivity index (χ3v) is 5.05. The number of hydrogen-bond donors (Lipinski definition) is 2. The van der Waals surface area contributed by atoms with Gasteiger partial charge < -0.3 is 5.11 Å². The molecule has 3 aromatic rings.